The Labute approximate surface area is 54.4 Å². The fraction of sp³-hybridized carbons (Fsp3) is 0.667. The van der Waals surface area contributed by atoms with Crippen molar-refractivity contribution in [2.24, 2.45) is 4.99 Å². The second kappa shape index (κ2) is 2.62. The van der Waals surface area contributed by atoms with Gasteiger partial charge in [0.2, 0.25) is 0 Å². The Bertz CT molecular complexity index is 142. The van der Waals surface area contributed by atoms with Crippen molar-refractivity contribution in [2.45, 2.75) is 6.92 Å². The van der Waals surface area contributed by atoms with E-state index in [-0.39, 0.29) is 0 Å². The molecule has 0 aromatic rings. The second-order valence-corrected chi connectivity index (χ2v) is 1.94. The third-order valence-electron chi connectivity index (χ3n) is 1.45. The molecule has 50 valence electrons. The summed E-state index contributed by atoms with van der Waals surface area (Å²) in [6.07, 6.45) is 0.816. The summed E-state index contributed by atoms with van der Waals surface area (Å²) in [5.74, 6) is 0.609. The molecule has 0 fully saturated rings. The standard InChI is InChI=1S/C6H10N2O/c1-2-8-4-3-7-6(8)5-9/h5H,2-4H2,1H3. The lowest BCUT2D eigenvalue weighted by atomic mass is 10.5. The van der Waals surface area contributed by atoms with Crippen LogP contribution < -0.4 is 0 Å². The van der Waals surface area contributed by atoms with E-state index in [1.807, 2.05) is 11.8 Å². The van der Waals surface area contributed by atoms with Crippen molar-refractivity contribution < 1.29 is 4.79 Å². The van der Waals surface area contributed by atoms with Gasteiger partial charge in [-0.2, -0.15) is 0 Å². The Morgan fingerprint density at radius 1 is 1.89 bits per heavy atom. The highest BCUT2D eigenvalue weighted by atomic mass is 16.1. The maximum Gasteiger partial charge on any atom is 0.184 e. The number of aldehydes is 1. The number of hydrogen-bond acceptors (Lipinski definition) is 3. The van der Waals surface area contributed by atoms with Crippen molar-refractivity contribution in [3.05, 3.63) is 0 Å². The first-order chi connectivity index (χ1) is 4.38. The molecular weight excluding hydrogens is 116 g/mol. The predicted octanol–water partition coefficient (Wildman–Crippen LogP) is -0.0807. The quantitative estimate of drug-likeness (QED) is 0.485. The number of aliphatic imine (C=N–C) groups is 1. The molecule has 3 nitrogen and oxygen atoms in total. The molecule has 0 aromatic carbocycles. The Balaban J connectivity index is 2.56. The van der Waals surface area contributed by atoms with Crippen molar-refractivity contribution in [2.75, 3.05) is 19.6 Å². The largest absolute Gasteiger partial charge is 0.353 e. The molecule has 1 heterocycles. The van der Waals surface area contributed by atoms with Crippen LogP contribution in [0, 0.1) is 0 Å². The fourth-order valence-corrected chi connectivity index (χ4v) is 0.932. The summed E-state index contributed by atoms with van der Waals surface area (Å²) in [4.78, 5) is 16.2. The van der Waals surface area contributed by atoms with Crippen LogP contribution in [0.1, 0.15) is 6.92 Å². The molecule has 0 amide bonds. The van der Waals surface area contributed by atoms with Gasteiger partial charge < -0.3 is 4.90 Å². The minimum absolute atomic E-state index is 0.609. The third kappa shape index (κ3) is 1.09. The highest BCUT2D eigenvalue weighted by Crippen LogP contribution is 1.97. The highest BCUT2D eigenvalue weighted by molar-refractivity contribution is 6.27. The Hall–Kier alpha value is -0.860. The van der Waals surface area contributed by atoms with Gasteiger partial charge in [0, 0.05) is 13.1 Å². The van der Waals surface area contributed by atoms with Gasteiger partial charge in [0.15, 0.2) is 12.1 Å². The minimum Gasteiger partial charge on any atom is -0.353 e. The number of carbonyl (C=O) groups excluding carboxylic acids is 1. The van der Waals surface area contributed by atoms with Crippen LogP contribution in [0.4, 0.5) is 0 Å². The smallest absolute Gasteiger partial charge is 0.184 e. The number of hydrogen-bond donors (Lipinski definition) is 0. The van der Waals surface area contributed by atoms with Crippen molar-refractivity contribution >= 4 is 12.1 Å². The predicted molar refractivity (Wildman–Crippen MR) is 35.6 cm³/mol. The molecule has 0 aromatic heterocycles. The van der Waals surface area contributed by atoms with Crippen molar-refractivity contribution in [1.29, 1.82) is 0 Å². The van der Waals surface area contributed by atoms with Crippen LogP contribution in [-0.2, 0) is 4.79 Å². The average molecular weight is 126 g/mol. The molecule has 9 heavy (non-hydrogen) atoms. The number of likely N-dealkylation sites (N-methyl/N-ethyl adjacent to an activating group) is 1. The molecule has 0 aliphatic carbocycles. The first-order valence-electron chi connectivity index (χ1n) is 3.13. The molecule has 1 aliphatic heterocycles. The number of carbonyl (C=O) groups is 1. The topological polar surface area (TPSA) is 32.7 Å². The minimum atomic E-state index is 0.609. The highest BCUT2D eigenvalue weighted by Gasteiger charge is 2.12. The SMILES string of the molecule is CCN1CCN=C1C=O. The summed E-state index contributed by atoms with van der Waals surface area (Å²) in [6.45, 7) is 4.59. The van der Waals surface area contributed by atoms with Crippen LogP contribution in [0.5, 0.6) is 0 Å². The van der Waals surface area contributed by atoms with E-state index >= 15 is 0 Å². The van der Waals surface area contributed by atoms with Crippen molar-refractivity contribution in [1.82, 2.24) is 4.90 Å². The van der Waals surface area contributed by atoms with Gasteiger partial charge in [-0.3, -0.25) is 9.79 Å². The zero-order chi connectivity index (χ0) is 6.69. The molecule has 0 unspecified atom stereocenters. The average Bonchev–Trinajstić information content (AvgIpc) is 2.33. The summed E-state index contributed by atoms with van der Waals surface area (Å²) in [7, 11) is 0. The van der Waals surface area contributed by atoms with Gasteiger partial charge in [0.05, 0.1) is 6.54 Å². The Morgan fingerprint density at radius 3 is 3.11 bits per heavy atom. The zero-order valence-electron chi connectivity index (χ0n) is 5.50. The monoisotopic (exact) mass is 126 g/mol. The number of amidine groups is 1. The van der Waals surface area contributed by atoms with E-state index in [4.69, 9.17) is 0 Å². The first kappa shape index (κ1) is 6.26. The van der Waals surface area contributed by atoms with Crippen LogP contribution in [0.25, 0.3) is 0 Å². The van der Waals surface area contributed by atoms with Crippen LogP contribution >= 0.6 is 0 Å². The van der Waals surface area contributed by atoms with E-state index in [9.17, 15) is 4.79 Å². The summed E-state index contributed by atoms with van der Waals surface area (Å²) in [5, 5.41) is 0. The van der Waals surface area contributed by atoms with E-state index in [0.717, 1.165) is 25.9 Å². The lowest BCUT2D eigenvalue weighted by Gasteiger charge is -2.12. The van der Waals surface area contributed by atoms with Gasteiger partial charge in [-0.15, -0.1) is 0 Å². The van der Waals surface area contributed by atoms with E-state index < -0.39 is 0 Å². The Morgan fingerprint density at radius 2 is 2.67 bits per heavy atom. The molecule has 3 heteroatoms. The van der Waals surface area contributed by atoms with E-state index in [1.165, 1.54) is 0 Å². The first-order valence-corrected chi connectivity index (χ1v) is 3.13. The third-order valence-corrected chi connectivity index (χ3v) is 1.45. The fourth-order valence-electron chi connectivity index (χ4n) is 0.932. The van der Waals surface area contributed by atoms with Crippen LogP contribution in [0.2, 0.25) is 0 Å². The summed E-state index contributed by atoms with van der Waals surface area (Å²) in [6, 6.07) is 0. The lowest BCUT2D eigenvalue weighted by molar-refractivity contribution is -0.103. The zero-order valence-corrected chi connectivity index (χ0v) is 5.50. The molecule has 0 saturated carbocycles. The normalized spacial score (nSPS) is 17.9. The molecule has 0 bridgehead atoms. The van der Waals surface area contributed by atoms with Gasteiger partial charge in [-0.25, -0.2) is 0 Å². The molecule has 0 radical (unpaired) electrons. The second-order valence-electron chi connectivity index (χ2n) is 1.94. The molecule has 1 rings (SSSR count). The summed E-state index contributed by atoms with van der Waals surface area (Å²) < 4.78 is 0. The van der Waals surface area contributed by atoms with E-state index in [1.54, 1.807) is 0 Å². The van der Waals surface area contributed by atoms with Gasteiger partial charge >= 0.3 is 0 Å². The van der Waals surface area contributed by atoms with Gasteiger partial charge in [-0.1, -0.05) is 0 Å². The molecular formula is C6H10N2O. The maximum absolute atomic E-state index is 10.2. The molecule has 0 spiro atoms. The Kier molecular flexibility index (Phi) is 1.82. The number of nitrogens with zero attached hydrogens (tertiary/aromatic N) is 2. The van der Waals surface area contributed by atoms with Gasteiger partial charge in [-0.05, 0) is 6.92 Å². The summed E-state index contributed by atoms with van der Waals surface area (Å²) >= 11 is 0. The molecule has 0 N–H and O–H groups in total. The van der Waals surface area contributed by atoms with Crippen LogP contribution in [0.15, 0.2) is 4.99 Å². The van der Waals surface area contributed by atoms with E-state index in [0.29, 0.717) is 5.84 Å². The van der Waals surface area contributed by atoms with Gasteiger partial charge in [0.1, 0.15) is 0 Å². The molecule has 0 saturated heterocycles. The number of rotatable bonds is 2. The van der Waals surface area contributed by atoms with Gasteiger partial charge in [0.25, 0.3) is 0 Å². The van der Waals surface area contributed by atoms with Crippen molar-refractivity contribution in [3.8, 4) is 0 Å². The summed E-state index contributed by atoms with van der Waals surface area (Å²) in [5.41, 5.74) is 0. The van der Waals surface area contributed by atoms with Crippen LogP contribution in [-0.4, -0.2) is 36.7 Å². The van der Waals surface area contributed by atoms with Crippen molar-refractivity contribution in [3.63, 3.8) is 0 Å². The van der Waals surface area contributed by atoms with Crippen LogP contribution in [0.3, 0.4) is 0 Å². The molecule has 0 atom stereocenters. The maximum atomic E-state index is 10.2. The molecule has 1 aliphatic rings. The lowest BCUT2D eigenvalue weighted by Crippen LogP contribution is -2.27. The van der Waals surface area contributed by atoms with E-state index in [2.05, 4.69) is 4.99 Å².